The van der Waals surface area contributed by atoms with Crippen LogP contribution in [0.15, 0.2) is 36.4 Å². The number of nitrogens with one attached hydrogen (secondary N) is 1. The Morgan fingerprint density at radius 2 is 1.66 bits per heavy atom. The highest BCUT2D eigenvalue weighted by molar-refractivity contribution is 6.35. The highest BCUT2D eigenvalue weighted by atomic mass is 35.5. The molecule has 192 valence electrons. The molecule has 0 heterocycles. The molecule has 2 aromatic carbocycles. The van der Waals surface area contributed by atoms with Crippen LogP contribution < -0.4 is 14.8 Å². The van der Waals surface area contributed by atoms with Gasteiger partial charge in [0, 0.05) is 29.6 Å². The van der Waals surface area contributed by atoms with Crippen molar-refractivity contribution < 1.29 is 19.1 Å². The normalized spacial score (nSPS) is 11.8. The maximum atomic E-state index is 13.4. The largest absolute Gasteiger partial charge is 0.490 e. The molecule has 8 heteroatoms. The van der Waals surface area contributed by atoms with Gasteiger partial charge in [-0.3, -0.25) is 9.59 Å². The zero-order chi connectivity index (χ0) is 26.0. The summed E-state index contributed by atoms with van der Waals surface area (Å²) in [5.74, 6) is 1.30. The van der Waals surface area contributed by atoms with Crippen LogP contribution in [-0.2, 0) is 22.6 Å². The van der Waals surface area contributed by atoms with Crippen molar-refractivity contribution in [3.63, 3.8) is 0 Å². The Morgan fingerprint density at radius 1 is 0.971 bits per heavy atom. The Balaban J connectivity index is 2.20. The summed E-state index contributed by atoms with van der Waals surface area (Å²) in [5.41, 5.74) is 1.68. The Bertz CT molecular complexity index is 997. The van der Waals surface area contributed by atoms with Gasteiger partial charge in [-0.25, -0.2) is 0 Å². The van der Waals surface area contributed by atoms with Gasteiger partial charge in [-0.15, -0.1) is 0 Å². The van der Waals surface area contributed by atoms with E-state index in [1.165, 1.54) is 0 Å². The van der Waals surface area contributed by atoms with Gasteiger partial charge in [0.25, 0.3) is 0 Å². The van der Waals surface area contributed by atoms with Gasteiger partial charge in [-0.1, -0.05) is 49.2 Å². The third kappa shape index (κ3) is 8.93. The fourth-order valence-corrected chi connectivity index (χ4v) is 3.98. The molecule has 0 aliphatic heterocycles. The lowest BCUT2D eigenvalue weighted by Gasteiger charge is -2.29. The van der Waals surface area contributed by atoms with Crippen molar-refractivity contribution in [3.05, 3.63) is 57.6 Å². The van der Waals surface area contributed by atoms with Crippen LogP contribution in [0.4, 0.5) is 0 Å². The van der Waals surface area contributed by atoms with E-state index in [0.717, 1.165) is 11.1 Å². The van der Waals surface area contributed by atoms with Crippen LogP contribution in [-0.4, -0.2) is 42.5 Å². The number of aryl methyl sites for hydroxylation is 1. The number of hydrogen-bond donors (Lipinski definition) is 1. The quantitative estimate of drug-likeness (QED) is 0.354. The van der Waals surface area contributed by atoms with E-state index in [0.29, 0.717) is 53.6 Å². The number of carbonyl (C=O) groups is 2. The third-order valence-corrected chi connectivity index (χ3v) is 6.03. The predicted octanol–water partition coefficient (Wildman–Crippen LogP) is 5.91. The van der Waals surface area contributed by atoms with Gasteiger partial charge in [0.2, 0.25) is 11.8 Å². The first-order valence-corrected chi connectivity index (χ1v) is 12.8. The maximum absolute atomic E-state index is 13.4. The highest BCUT2D eigenvalue weighted by Gasteiger charge is 2.26. The first-order chi connectivity index (χ1) is 16.7. The van der Waals surface area contributed by atoms with E-state index in [4.69, 9.17) is 32.7 Å². The molecular formula is C27H36Cl2N2O4. The summed E-state index contributed by atoms with van der Waals surface area (Å²) in [6, 6.07) is 10.2. The zero-order valence-corrected chi connectivity index (χ0v) is 22.7. The lowest BCUT2D eigenvalue weighted by atomic mass is 10.1. The van der Waals surface area contributed by atoms with Gasteiger partial charge >= 0.3 is 0 Å². The smallest absolute Gasteiger partial charge is 0.242 e. The van der Waals surface area contributed by atoms with E-state index in [1.807, 2.05) is 45.9 Å². The molecule has 0 aliphatic carbocycles. The summed E-state index contributed by atoms with van der Waals surface area (Å²) >= 11 is 12.4. The number of nitrogens with zero attached hydrogens (tertiary/aromatic N) is 1. The lowest BCUT2D eigenvalue weighted by molar-refractivity contribution is -0.140. The van der Waals surface area contributed by atoms with Crippen LogP contribution in [0.2, 0.25) is 10.0 Å². The fourth-order valence-electron chi connectivity index (χ4n) is 3.51. The van der Waals surface area contributed by atoms with Crippen LogP contribution >= 0.6 is 23.2 Å². The Labute approximate surface area is 218 Å². The van der Waals surface area contributed by atoms with Crippen LogP contribution in [0.5, 0.6) is 11.5 Å². The Kier molecular flexibility index (Phi) is 11.7. The Morgan fingerprint density at radius 3 is 2.29 bits per heavy atom. The molecule has 0 spiro atoms. The molecule has 0 aromatic heterocycles. The number of hydrogen-bond acceptors (Lipinski definition) is 4. The molecule has 0 aliphatic rings. The van der Waals surface area contributed by atoms with Crippen molar-refractivity contribution in [2.75, 3.05) is 19.8 Å². The molecular weight excluding hydrogens is 487 g/mol. The molecule has 6 nitrogen and oxygen atoms in total. The van der Waals surface area contributed by atoms with Gasteiger partial charge < -0.3 is 19.7 Å². The highest BCUT2D eigenvalue weighted by Crippen LogP contribution is 2.29. The number of amides is 2. The van der Waals surface area contributed by atoms with Crippen molar-refractivity contribution >= 4 is 35.0 Å². The monoisotopic (exact) mass is 522 g/mol. The Hall–Kier alpha value is -2.44. The average Bonchev–Trinajstić information content (AvgIpc) is 2.81. The van der Waals surface area contributed by atoms with Crippen LogP contribution in [0, 0.1) is 5.92 Å². The molecule has 0 radical (unpaired) electrons. The molecule has 0 unspecified atom stereocenters. The topological polar surface area (TPSA) is 67.9 Å². The molecule has 35 heavy (non-hydrogen) atoms. The minimum absolute atomic E-state index is 0.143. The van der Waals surface area contributed by atoms with E-state index in [2.05, 4.69) is 5.32 Å². The molecule has 0 fully saturated rings. The first kappa shape index (κ1) is 28.8. The number of carbonyl (C=O) groups excluding carboxylic acids is 2. The molecule has 2 rings (SSSR count). The summed E-state index contributed by atoms with van der Waals surface area (Å²) < 4.78 is 11.3. The minimum Gasteiger partial charge on any atom is -0.490 e. The summed E-state index contributed by atoms with van der Waals surface area (Å²) in [4.78, 5) is 27.8. The molecule has 2 aromatic rings. The summed E-state index contributed by atoms with van der Waals surface area (Å²) in [7, 11) is 0. The van der Waals surface area contributed by atoms with Crippen LogP contribution in [0.25, 0.3) is 0 Å². The standard InChI is InChI=1S/C27H36Cl2N2O4/c1-6-34-24-12-8-20(14-25(24)35-7-2)9-13-26(32)31(19(5)27(33)30-16-18(3)4)17-21-10-11-22(28)15-23(21)29/h8,10-12,14-15,18-19H,6-7,9,13,16-17H2,1-5H3,(H,30,33)/t19-/m1/s1. The number of benzene rings is 2. The van der Waals surface area contributed by atoms with E-state index >= 15 is 0 Å². The lowest BCUT2D eigenvalue weighted by Crippen LogP contribution is -2.48. The maximum Gasteiger partial charge on any atom is 0.242 e. The van der Waals surface area contributed by atoms with E-state index in [1.54, 1.807) is 30.0 Å². The molecule has 0 bridgehead atoms. The van der Waals surface area contributed by atoms with E-state index < -0.39 is 6.04 Å². The number of ether oxygens (including phenoxy) is 2. The van der Waals surface area contributed by atoms with Crippen molar-refractivity contribution in [3.8, 4) is 11.5 Å². The third-order valence-electron chi connectivity index (χ3n) is 5.44. The van der Waals surface area contributed by atoms with Crippen LogP contribution in [0.3, 0.4) is 0 Å². The summed E-state index contributed by atoms with van der Waals surface area (Å²) in [6.07, 6.45) is 0.725. The SMILES string of the molecule is CCOc1ccc(CCC(=O)N(Cc2ccc(Cl)cc2Cl)[C@H](C)C(=O)NCC(C)C)cc1OCC. The van der Waals surface area contributed by atoms with Crippen molar-refractivity contribution in [2.24, 2.45) is 5.92 Å². The fraction of sp³-hybridized carbons (Fsp3) is 0.481. The second-order valence-corrected chi connectivity index (χ2v) is 9.56. The molecule has 1 atom stereocenters. The first-order valence-electron chi connectivity index (χ1n) is 12.1. The van der Waals surface area contributed by atoms with Gasteiger partial charge in [0.15, 0.2) is 11.5 Å². The van der Waals surface area contributed by atoms with E-state index in [-0.39, 0.29) is 24.8 Å². The van der Waals surface area contributed by atoms with Gasteiger partial charge in [-0.2, -0.15) is 0 Å². The van der Waals surface area contributed by atoms with Crippen LogP contribution in [0.1, 0.15) is 52.2 Å². The number of halogens is 2. The number of rotatable bonds is 13. The van der Waals surface area contributed by atoms with Gasteiger partial charge in [0.05, 0.1) is 13.2 Å². The summed E-state index contributed by atoms with van der Waals surface area (Å²) in [6.45, 7) is 11.4. The van der Waals surface area contributed by atoms with E-state index in [9.17, 15) is 9.59 Å². The summed E-state index contributed by atoms with van der Waals surface area (Å²) in [5, 5.41) is 3.89. The van der Waals surface area contributed by atoms with Gasteiger partial charge in [-0.05, 0) is 68.5 Å². The van der Waals surface area contributed by atoms with Crippen molar-refractivity contribution in [1.29, 1.82) is 0 Å². The van der Waals surface area contributed by atoms with Crippen molar-refractivity contribution in [2.45, 2.75) is 60.0 Å². The van der Waals surface area contributed by atoms with Gasteiger partial charge in [0.1, 0.15) is 6.04 Å². The average molecular weight is 524 g/mol. The second-order valence-electron chi connectivity index (χ2n) is 8.72. The predicted molar refractivity (Wildman–Crippen MR) is 141 cm³/mol. The zero-order valence-electron chi connectivity index (χ0n) is 21.2. The minimum atomic E-state index is -0.660. The molecule has 0 saturated heterocycles. The second kappa shape index (κ2) is 14.2. The molecule has 1 N–H and O–H groups in total. The molecule has 0 saturated carbocycles. The molecule has 2 amide bonds. The van der Waals surface area contributed by atoms with Crippen molar-refractivity contribution in [1.82, 2.24) is 10.2 Å².